The van der Waals surface area contributed by atoms with Crippen molar-refractivity contribution in [3.05, 3.63) is 24.3 Å². The lowest BCUT2D eigenvalue weighted by Crippen LogP contribution is -2.40. The molecule has 0 atom stereocenters. The molecule has 1 aliphatic carbocycles. The first-order valence-electron chi connectivity index (χ1n) is 5.85. The monoisotopic (exact) mass is 291 g/mol. The Morgan fingerprint density at radius 2 is 1.95 bits per heavy atom. The molecule has 0 heterocycles. The van der Waals surface area contributed by atoms with E-state index in [0.717, 1.165) is 12.8 Å². The van der Waals surface area contributed by atoms with E-state index in [4.69, 9.17) is 4.74 Å². The summed E-state index contributed by atoms with van der Waals surface area (Å²) >= 11 is 0. The Morgan fingerprint density at radius 1 is 1.32 bits per heavy atom. The summed E-state index contributed by atoms with van der Waals surface area (Å²) in [6, 6.07) is 5.78. The highest BCUT2D eigenvalue weighted by Gasteiger charge is 2.32. The average molecular weight is 291 g/mol. The van der Waals surface area contributed by atoms with Gasteiger partial charge in [0.05, 0.1) is 16.7 Å². The van der Waals surface area contributed by atoms with E-state index >= 15 is 0 Å². The third kappa shape index (κ3) is 2.87. The van der Waals surface area contributed by atoms with Gasteiger partial charge in [-0.25, -0.2) is 8.42 Å². The molecule has 106 valence electrons. The molecule has 0 radical (unpaired) electrons. The molecular formula is C12H15F2NO3S. The predicted octanol–water partition coefficient (Wildman–Crippen LogP) is 2.27. The van der Waals surface area contributed by atoms with Crippen molar-refractivity contribution in [2.24, 2.45) is 0 Å². The van der Waals surface area contributed by atoms with Crippen LogP contribution in [0.25, 0.3) is 0 Å². The fourth-order valence-electron chi connectivity index (χ4n) is 2.03. The first-order chi connectivity index (χ1) is 8.95. The number of ether oxygens (including phenoxy) is 1. The predicted molar refractivity (Wildman–Crippen MR) is 67.1 cm³/mol. The highest BCUT2D eigenvalue weighted by molar-refractivity contribution is 7.91. The van der Waals surface area contributed by atoms with Crippen molar-refractivity contribution < 1.29 is 21.9 Å². The Labute approximate surface area is 110 Å². The SMILES string of the molecule is COC1CC(Nc2ccccc2S(=O)(=O)C(F)F)C1. The van der Waals surface area contributed by atoms with Crippen LogP contribution in [0.5, 0.6) is 0 Å². The summed E-state index contributed by atoms with van der Waals surface area (Å²) in [6.45, 7) is 0. The van der Waals surface area contributed by atoms with Gasteiger partial charge in [-0.05, 0) is 25.0 Å². The van der Waals surface area contributed by atoms with Crippen LogP contribution in [0.1, 0.15) is 12.8 Å². The number of halogens is 2. The summed E-state index contributed by atoms with van der Waals surface area (Å²) in [5.74, 6) is -3.41. The topological polar surface area (TPSA) is 55.4 Å². The van der Waals surface area contributed by atoms with Crippen molar-refractivity contribution in [3.8, 4) is 0 Å². The maximum atomic E-state index is 12.6. The standard InChI is InChI=1S/C12H15F2NO3S/c1-18-9-6-8(7-9)15-10-4-2-3-5-11(10)19(16,17)12(13)14/h2-5,8-9,12,15H,6-7H2,1H3. The minimum Gasteiger partial charge on any atom is -0.381 e. The van der Waals surface area contributed by atoms with Gasteiger partial charge in [-0.1, -0.05) is 12.1 Å². The van der Waals surface area contributed by atoms with Gasteiger partial charge in [0.15, 0.2) is 0 Å². The number of anilines is 1. The lowest BCUT2D eigenvalue weighted by molar-refractivity contribution is 0.0328. The smallest absolute Gasteiger partial charge is 0.341 e. The molecule has 1 fully saturated rings. The molecule has 4 nitrogen and oxygen atoms in total. The summed E-state index contributed by atoms with van der Waals surface area (Å²) < 4.78 is 53.4. The van der Waals surface area contributed by atoms with Crippen LogP contribution in [0.2, 0.25) is 0 Å². The first-order valence-corrected chi connectivity index (χ1v) is 7.40. The molecule has 19 heavy (non-hydrogen) atoms. The molecule has 7 heteroatoms. The van der Waals surface area contributed by atoms with E-state index in [1.54, 1.807) is 13.2 Å². The molecule has 0 spiro atoms. The lowest BCUT2D eigenvalue weighted by atomic mass is 9.89. The van der Waals surface area contributed by atoms with E-state index in [-0.39, 0.29) is 22.7 Å². The average Bonchev–Trinajstić information content (AvgIpc) is 2.33. The number of hydrogen-bond acceptors (Lipinski definition) is 4. The largest absolute Gasteiger partial charge is 0.381 e. The third-order valence-corrected chi connectivity index (χ3v) is 4.65. The molecule has 1 aromatic rings. The molecule has 0 aromatic heterocycles. The molecule has 1 N–H and O–H groups in total. The summed E-state index contributed by atoms with van der Waals surface area (Å²) in [5, 5.41) is 2.98. The van der Waals surface area contributed by atoms with E-state index < -0.39 is 15.6 Å². The second kappa shape index (κ2) is 5.42. The number of benzene rings is 1. The maximum absolute atomic E-state index is 12.6. The Morgan fingerprint density at radius 3 is 2.53 bits per heavy atom. The van der Waals surface area contributed by atoms with Gasteiger partial charge in [0.1, 0.15) is 0 Å². The fourth-order valence-corrected chi connectivity index (χ4v) is 2.92. The van der Waals surface area contributed by atoms with Crippen LogP contribution in [0.4, 0.5) is 14.5 Å². The zero-order valence-electron chi connectivity index (χ0n) is 10.3. The minimum absolute atomic E-state index is 0.0546. The van der Waals surface area contributed by atoms with Gasteiger partial charge in [0.2, 0.25) is 9.84 Å². The summed E-state index contributed by atoms with van der Waals surface area (Å²) in [7, 11) is -2.98. The number of methoxy groups -OCH3 is 1. The second-order valence-electron chi connectivity index (χ2n) is 4.47. The van der Waals surface area contributed by atoms with Crippen LogP contribution in [0.15, 0.2) is 29.2 Å². The van der Waals surface area contributed by atoms with Crippen LogP contribution in [-0.2, 0) is 14.6 Å². The van der Waals surface area contributed by atoms with Gasteiger partial charge < -0.3 is 10.1 Å². The molecule has 0 bridgehead atoms. The zero-order valence-corrected chi connectivity index (χ0v) is 11.2. The van der Waals surface area contributed by atoms with Gasteiger partial charge >= 0.3 is 5.76 Å². The van der Waals surface area contributed by atoms with Crippen molar-refractivity contribution in [1.29, 1.82) is 0 Å². The third-order valence-electron chi connectivity index (χ3n) is 3.22. The minimum atomic E-state index is -4.58. The van der Waals surface area contributed by atoms with E-state index in [1.807, 2.05) is 0 Å². The number of rotatable bonds is 5. The van der Waals surface area contributed by atoms with Gasteiger partial charge in [0.25, 0.3) is 0 Å². The molecular weight excluding hydrogens is 276 g/mol. The Balaban J connectivity index is 2.18. The summed E-state index contributed by atoms with van der Waals surface area (Å²) in [4.78, 5) is -0.356. The maximum Gasteiger partial charge on any atom is 0.341 e. The quantitative estimate of drug-likeness (QED) is 0.904. The Hall–Kier alpha value is -1.21. The van der Waals surface area contributed by atoms with Crippen molar-refractivity contribution in [2.75, 3.05) is 12.4 Å². The molecule has 1 aromatic carbocycles. The number of hydrogen-bond donors (Lipinski definition) is 1. The number of para-hydroxylation sites is 1. The van der Waals surface area contributed by atoms with E-state index in [0.29, 0.717) is 0 Å². The molecule has 0 unspecified atom stereocenters. The van der Waals surface area contributed by atoms with E-state index in [9.17, 15) is 17.2 Å². The summed E-state index contributed by atoms with van der Waals surface area (Å²) in [5.41, 5.74) is 0.224. The number of nitrogens with one attached hydrogen (secondary N) is 1. The first kappa shape index (κ1) is 14.2. The number of sulfone groups is 1. The van der Waals surface area contributed by atoms with Crippen molar-refractivity contribution in [2.45, 2.75) is 35.6 Å². The summed E-state index contributed by atoms with van der Waals surface area (Å²) in [6.07, 6.45) is 1.62. The molecule has 1 aliphatic rings. The molecule has 1 saturated carbocycles. The second-order valence-corrected chi connectivity index (χ2v) is 6.36. The van der Waals surface area contributed by atoms with Crippen LogP contribution >= 0.6 is 0 Å². The fraction of sp³-hybridized carbons (Fsp3) is 0.500. The van der Waals surface area contributed by atoms with E-state index in [1.165, 1.54) is 18.2 Å². The van der Waals surface area contributed by atoms with E-state index in [2.05, 4.69) is 5.32 Å². The highest BCUT2D eigenvalue weighted by atomic mass is 32.2. The van der Waals surface area contributed by atoms with Crippen LogP contribution in [0.3, 0.4) is 0 Å². The van der Waals surface area contributed by atoms with Gasteiger partial charge in [-0.15, -0.1) is 0 Å². The van der Waals surface area contributed by atoms with Gasteiger partial charge in [-0.3, -0.25) is 0 Å². The van der Waals surface area contributed by atoms with Crippen LogP contribution < -0.4 is 5.32 Å². The van der Waals surface area contributed by atoms with Crippen molar-refractivity contribution in [1.82, 2.24) is 0 Å². The van der Waals surface area contributed by atoms with Crippen molar-refractivity contribution >= 4 is 15.5 Å². The molecule has 0 amide bonds. The van der Waals surface area contributed by atoms with Crippen LogP contribution in [0, 0.1) is 0 Å². The van der Waals surface area contributed by atoms with Crippen LogP contribution in [-0.4, -0.2) is 33.4 Å². The number of alkyl halides is 2. The molecule has 0 saturated heterocycles. The Kier molecular flexibility index (Phi) is 4.05. The highest BCUT2D eigenvalue weighted by Crippen LogP contribution is 2.31. The zero-order chi connectivity index (χ0) is 14.0. The van der Waals surface area contributed by atoms with Gasteiger partial charge in [-0.2, -0.15) is 8.78 Å². The molecule has 2 rings (SSSR count). The normalized spacial score (nSPS) is 23.2. The van der Waals surface area contributed by atoms with Gasteiger partial charge in [0, 0.05) is 13.2 Å². The molecule has 0 aliphatic heterocycles. The lowest BCUT2D eigenvalue weighted by Gasteiger charge is -2.35. The van der Waals surface area contributed by atoms with Crippen molar-refractivity contribution in [3.63, 3.8) is 0 Å². The Bertz CT molecular complexity index is 542.